The van der Waals surface area contributed by atoms with Gasteiger partial charge in [-0.05, 0) is 68.5 Å². The van der Waals surface area contributed by atoms with E-state index in [1.807, 2.05) is 32.0 Å². The number of amides is 2. The van der Waals surface area contributed by atoms with Crippen LogP contribution in [0.3, 0.4) is 0 Å². The first-order valence-electron chi connectivity index (χ1n) is 16.1. The van der Waals surface area contributed by atoms with Crippen molar-refractivity contribution in [2.45, 2.75) is 71.9 Å². The summed E-state index contributed by atoms with van der Waals surface area (Å²) in [6.07, 6.45) is 2.63. The summed E-state index contributed by atoms with van der Waals surface area (Å²) in [5.74, 6) is 0.373. The smallest absolute Gasteiger partial charge is 0.255 e. The van der Waals surface area contributed by atoms with Gasteiger partial charge in [0.2, 0.25) is 5.91 Å². The number of nitrogens with zero attached hydrogens (tertiary/aromatic N) is 1. The Hall–Kier alpha value is -2.24. The van der Waals surface area contributed by atoms with Gasteiger partial charge in [0.1, 0.15) is 5.75 Å². The first-order chi connectivity index (χ1) is 20.6. The van der Waals surface area contributed by atoms with Crippen molar-refractivity contribution in [3.05, 3.63) is 29.8 Å². The number of unbranched alkanes of at least 4 members (excludes halogenated alkanes) is 1. The van der Waals surface area contributed by atoms with E-state index in [9.17, 15) is 14.7 Å². The molecule has 10 heteroatoms. The van der Waals surface area contributed by atoms with E-state index in [-0.39, 0.29) is 35.5 Å². The van der Waals surface area contributed by atoms with Gasteiger partial charge in [-0.25, -0.2) is 0 Å². The van der Waals surface area contributed by atoms with Crippen molar-refractivity contribution in [2.24, 2.45) is 29.4 Å². The van der Waals surface area contributed by atoms with E-state index in [1.165, 1.54) is 0 Å². The summed E-state index contributed by atoms with van der Waals surface area (Å²) >= 11 is 0. The Balaban J connectivity index is 1.84. The number of benzene rings is 1. The molecule has 2 rings (SSSR count). The molecule has 1 heterocycles. The van der Waals surface area contributed by atoms with Gasteiger partial charge in [-0.2, -0.15) is 0 Å². The van der Waals surface area contributed by atoms with Crippen molar-refractivity contribution < 1.29 is 28.9 Å². The molecular weight excluding hydrogens is 548 g/mol. The molecular formula is C33H58N4O6. The molecule has 1 aliphatic rings. The SMILES string of the molecule is COCCCCOc1ccccc1C(=O)NC[C@@H](C[C@H](N)[C@@H](O)C[C@H](C(=O)NCCCN1CCOCC1)C(C)C)C(C)C. The number of hydrogen-bond donors (Lipinski definition) is 4. The average molecular weight is 607 g/mol. The van der Waals surface area contributed by atoms with Crippen LogP contribution in [0.15, 0.2) is 24.3 Å². The molecule has 1 saturated heterocycles. The number of nitrogens with two attached hydrogens (primary N) is 1. The predicted octanol–water partition coefficient (Wildman–Crippen LogP) is 3.07. The molecule has 0 aromatic heterocycles. The Kier molecular flexibility index (Phi) is 17.8. The maximum Gasteiger partial charge on any atom is 0.255 e. The lowest BCUT2D eigenvalue weighted by atomic mass is 9.83. The zero-order chi connectivity index (χ0) is 31.6. The fourth-order valence-corrected chi connectivity index (χ4v) is 5.31. The minimum absolute atomic E-state index is 0.0320. The lowest BCUT2D eigenvalue weighted by Crippen LogP contribution is -2.44. The number of methoxy groups -OCH3 is 1. The van der Waals surface area contributed by atoms with Crippen LogP contribution >= 0.6 is 0 Å². The number of aliphatic hydroxyl groups is 1. The van der Waals surface area contributed by atoms with Gasteiger partial charge in [-0.1, -0.05) is 39.8 Å². The second-order valence-corrected chi connectivity index (χ2v) is 12.4. The number of rotatable bonds is 21. The Morgan fingerprint density at radius 3 is 2.37 bits per heavy atom. The molecule has 0 aliphatic carbocycles. The molecule has 1 aliphatic heterocycles. The summed E-state index contributed by atoms with van der Waals surface area (Å²) in [7, 11) is 1.68. The third-order valence-corrected chi connectivity index (χ3v) is 8.36. The highest BCUT2D eigenvalue weighted by atomic mass is 16.5. The minimum Gasteiger partial charge on any atom is -0.493 e. The van der Waals surface area contributed by atoms with Crippen molar-refractivity contribution in [1.29, 1.82) is 0 Å². The molecule has 1 aromatic carbocycles. The van der Waals surface area contributed by atoms with Gasteiger partial charge in [-0.3, -0.25) is 14.5 Å². The van der Waals surface area contributed by atoms with E-state index in [0.717, 1.165) is 52.1 Å². The van der Waals surface area contributed by atoms with Gasteiger partial charge in [0.15, 0.2) is 0 Å². The first-order valence-corrected chi connectivity index (χ1v) is 16.1. The molecule has 0 unspecified atom stereocenters. The molecule has 4 atom stereocenters. The highest BCUT2D eigenvalue weighted by Gasteiger charge is 2.30. The van der Waals surface area contributed by atoms with Gasteiger partial charge in [0.05, 0.1) is 31.5 Å². The van der Waals surface area contributed by atoms with Crippen LogP contribution in [-0.2, 0) is 14.3 Å². The van der Waals surface area contributed by atoms with Crippen LogP contribution in [-0.4, -0.2) is 100 Å². The Morgan fingerprint density at radius 1 is 1.00 bits per heavy atom. The molecule has 2 amide bonds. The fraction of sp³-hybridized carbons (Fsp3) is 0.758. The second-order valence-electron chi connectivity index (χ2n) is 12.4. The van der Waals surface area contributed by atoms with Crippen LogP contribution in [0.5, 0.6) is 5.75 Å². The third kappa shape index (κ3) is 13.9. The quantitative estimate of drug-likeness (QED) is 0.157. The van der Waals surface area contributed by atoms with Crippen LogP contribution in [0.4, 0.5) is 0 Å². The molecule has 5 N–H and O–H groups in total. The summed E-state index contributed by atoms with van der Waals surface area (Å²) in [4.78, 5) is 28.5. The zero-order valence-electron chi connectivity index (χ0n) is 27.2. The van der Waals surface area contributed by atoms with Gasteiger partial charge in [-0.15, -0.1) is 0 Å². The summed E-state index contributed by atoms with van der Waals surface area (Å²) in [5.41, 5.74) is 7.00. The molecule has 1 aromatic rings. The number of morpholine rings is 1. The topological polar surface area (TPSA) is 135 Å². The maximum absolute atomic E-state index is 13.1. The highest BCUT2D eigenvalue weighted by Crippen LogP contribution is 2.24. The molecule has 0 radical (unpaired) electrons. The summed E-state index contributed by atoms with van der Waals surface area (Å²) in [6, 6.07) is 6.74. The summed E-state index contributed by atoms with van der Waals surface area (Å²) < 4.78 is 16.4. The van der Waals surface area contributed by atoms with E-state index in [0.29, 0.717) is 50.5 Å². The van der Waals surface area contributed by atoms with Gasteiger partial charge < -0.3 is 35.7 Å². The average Bonchev–Trinajstić information content (AvgIpc) is 2.99. The minimum atomic E-state index is -0.823. The molecule has 0 bridgehead atoms. The van der Waals surface area contributed by atoms with Crippen molar-refractivity contribution in [3.8, 4) is 5.75 Å². The normalized spacial score (nSPS) is 17.0. The zero-order valence-corrected chi connectivity index (χ0v) is 27.2. The third-order valence-electron chi connectivity index (χ3n) is 8.36. The largest absolute Gasteiger partial charge is 0.493 e. The molecule has 246 valence electrons. The van der Waals surface area contributed by atoms with Crippen LogP contribution in [0.1, 0.15) is 70.2 Å². The number of aliphatic hydroxyl groups excluding tert-OH is 1. The van der Waals surface area contributed by atoms with E-state index >= 15 is 0 Å². The molecule has 1 fully saturated rings. The van der Waals surface area contributed by atoms with Gasteiger partial charge >= 0.3 is 0 Å². The Morgan fingerprint density at radius 2 is 1.70 bits per heavy atom. The van der Waals surface area contributed by atoms with Crippen molar-refractivity contribution in [3.63, 3.8) is 0 Å². The van der Waals surface area contributed by atoms with Crippen LogP contribution in [0.25, 0.3) is 0 Å². The van der Waals surface area contributed by atoms with E-state index in [1.54, 1.807) is 13.2 Å². The monoisotopic (exact) mass is 606 g/mol. The lowest BCUT2D eigenvalue weighted by molar-refractivity contribution is -0.127. The standard InChI is InChI=1S/C33H58N4O6/c1-24(2)26(23-36-32(39)27-11-6-7-12-31(27)43-18-9-8-17-41-5)21-29(34)30(38)22-28(25(3)4)33(40)35-13-10-14-37-15-19-42-20-16-37/h6-7,11-12,24-26,28-30,38H,8-10,13-23,34H2,1-5H3,(H,35,40)(H,36,39)/t26-,28+,29+,30+/m1/s1. The summed E-state index contributed by atoms with van der Waals surface area (Å²) in [6.45, 7) is 14.8. The maximum atomic E-state index is 13.1. The Labute approximate surface area is 259 Å². The number of ether oxygens (including phenoxy) is 3. The number of hydrogen-bond acceptors (Lipinski definition) is 8. The highest BCUT2D eigenvalue weighted by molar-refractivity contribution is 5.96. The molecule has 43 heavy (non-hydrogen) atoms. The number of carbonyl (C=O) groups is 2. The number of carbonyl (C=O) groups excluding carboxylic acids is 2. The van der Waals surface area contributed by atoms with Crippen LogP contribution in [0, 0.1) is 23.7 Å². The van der Waals surface area contributed by atoms with E-state index in [2.05, 4.69) is 29.4 Å². The van der Waals surface area contributed by atoms with Crippen LogP contribution < -0.4 is 21.1 Å². The Bertz CT molecular complexity index is 924. The van der Waals surface area contributed by atoms with Crippen molar-refractivity contribution in [1.82, 2.24) is 15.5 Å². The van der Waals surface area contributed by atoms with Gasteiger partial charge in [0.25, 0.3) is 5.91 Å². The number of nitrogens with one attached hydrogen (secondary N) is 2. The van der Waals surface area contributed by atoms with Crippen molar-refractivity contribution in [2.75, 3.05) is 66.3 Å². The molecule has 0 spiro atoms. The molecule has 10 nitrogen and oxygen atoms in total. The second kappa shape index (κ2) is 20.7. The first kappa shape index (κ1) is 36.9. The fourth-order valence-electron chi connectivity index (χ4n) is 5.31. The predicted molar refractivity (Wildman–Crippen MR) is 170 cm³/mol. The van der Waals surface area contributed by atoms with E-state index in [4.69, 9.17) is 19.9 Å². The van der Waals surface area contributed by atoms with Gasteiger partial charge in [0, 0.05) is 51.9 Å². The van der Waals surface area contributed by atoms with E-state index < -0.39 is 12.1 Å². The lowest BCUT2D eigenvalue weighted by Gasteiger charge is -2.30. The van der Waals surface area contributed by atoms with Crippen molar-refractivity contribution >= 4 is 11.8 Å². The van der Waals surface area contributed by atoms with Crippen LogP contribution in [0.2, 0.25) is 0 Å². The summed E-state index contributed by atoms with van der Waals surface area (Å²) in [5, 5.41) is 17.2. The molecule has 0 saturated carbocycles. The number of para-hydroxylation sites is 1.